The second-order valence-corrected chi connectivity index (χ2v) is 5.36. The van der Waals surface area contributed by atoms with Crippen LogP contribution in [0, 0.1) is 0 Å². The Labute approximate surface area is 134 Å². The van der Waals surface area contributed by atoms with Crippen LogP contribution in [0.5, 0.6) is 5.88 Å². The number of carbonyl (C=O) groups excluding carboxylic acids is 1. The molecule has 0 atom stereocenters. The third-order valence-electron chi connectivity index (χ3n) is 3.74. The summed E-state index contributed by atoms with van der Waals surface area (Å²) in [5.74, 6) is 0.864. The number of ether oxygens (including phenoxy) is 1. The molecule has 1 amide bonds. The summed E-state index contributed by atoms with van der Waals surface area (Å²) in [5, 5.41) is 2.77. The van der Waals surface area contributed by atoms with E-state index >= 15 is 0 Å². The molecule has 1 saturated heterocycles. The van der Waals surface area contributed by atoms with E-state index in [1.165, 1.54) is 32.6 Å². The summed E-state index contributed by atoms with van der Waals surface area (Å²) in [6.45, 7) is 1.98. The van der Waals surface area contributed by atoms with Crippen LogP contribution in [0.25, 0.3) is 0 Å². The van der Waals surface area contributed by atoms with Gasteiger partial charge in [0.25, 0.3) is 5.91 Å². The van der Waals surface area contributed by atoms with Crippen LogP contribution in [-0.4, -0.2) is 41.1 Å². The fourth-order valence-corrected chi connectivity index (χ4v) is 2.51. The highest BCUT2D eigenvalue weighted by Gasteiger charge is 2.14. The van der Waals surface area contributed by atoms with Crippen LogP contribution in [-0.2, 0) is 0 Å². The van der Waals surface area contributed by atoms with Crippen molar-refractivity contribution in [3.05, 3.63) is 36.3 Å². The zero-order valence-electron chi connectivity index (χ0n) is 13.0. The molecule has 2 aromatic rings. The summed E-state index contributed by atoms with van der Waals surface area (Å²) in [5.41, 5.74) is 1.03. The molecular formula is C16H19N5O2. The van der Waals surface area contributed by atoms with Crippen molar-refractivity contribution in [2.75, 3.05) is 30.4 Å². The number of piperidine rings is 1. The van der Waals surface area contributed by atoms with Crippen molar-refractivity contribution in [2.24, 2.45) is 0 Å². The Bertz CT molecular complexity index is 668. The highest BCUT2D eigenvalue weighted by atomic mass is 16.5. The van der Waals surface area contributed by atoms with Gasteiger partial charge in [-0.05, 0) is 25.3 Å². The molecule has 3 heterocycles. The van der Waals surface area contributed by atoms with Crippen molar-refractivity contribution >= 4 is 17.5 Å². The minimum absolute atomic E-state index is 0.250. The lowest BCUT2D eigenvalue weighted by atomic mass is 10.1. The van der Waals surface area contributed by atoms with Gasteiger partial charge in [-0.1, -0.05) is 0 Å². The van der Waals surface area contributed by atoms with Crippen molar-refractivity contribution in [2.45, 2.75) is 19.3 Å². The van der Waals surface area contributed by atoms with Gasteiger partial charge in [0, 0.05) is 30.9 Å². The maximum Gasteiger partial charge on any atom is 0.255 e. The summed E-state index contributed by atoms with van der Waals surface area (Å²) in [6, 6.07) is 3.21. The van der Waals surface area contributed by atoms with Crippen molar-refractivity contribution in [3.63, 3.8) is 0 Å². The average molecular weight is 313 g/mol. The standard InChI is InChI=1S/C16H19N5O2/c1-23-14-9-12(5-6-17-14)15(22)20-13-10-18-16(19-11-13)21-7-3-2-4-8-21/h5-6,9-11H,2-4,7-8H2,1H3,(H,20,22). The Morgan fingerprint density at radius 3 is 2.61 bits per heavy atom. The monoisotopic (exact) mass is 313 g/mol. The summed E-state index contributed by atoms with van der Waals surface area (Å²) >= 11 is 0. The topological polar surface area (TPSA) is 80.2 Å². The van der Waals surface area contributed by atoms with Crippen molar-refractivity contribution in [3.8, 4) is 5.88 Å². The third kappa shape index (κ3) is 3.74. The van der Waals surface area contributed by atoms with Crippen LogP contribution in [0.2, 0.25) is 0 Å². The maximum atomic E-state index is 12.2. The summed E-state index contributed by atoms with van der Waals surface area (Å²) < 4.78 is 5.02. The summed E-state index contributed by atoms with van der Waals surface area (Å²) in [4.78, 5) is 27.0. The van der Waals surface area contributed by atoms with Crippen molar-refractivity contribution in [1.82, 2.24) is 15.0 Å². The number of hydrogen-bond donors (Lipinski definition) is 1. The number of pyridine rings is 1. The van der Waals surface area contributed by atoms with Gasteiger partial charge >= 0.3 is 0 Å². The van der Waals surface area contributed by atoms with Crippen LogP contribution in [0.15, 0.2) is 30.7 Å². The van der Waals surface area contributed by atoms with E-state index in [1.54, 1.807) is 24.5 Å². The molecule has 1 fully saturated rings. The van der Waals surface area contributed by atoms with Crippen LogP contribution in [0.3, 0.4) is 0 Å². The number of nitrogens with zero attached hydrogens (tertiary/aromatic N) is 4. The summed E-state index contributed by atoms with van der Waals surface area (Å²) in [6.07, 6.45) is 8.40. The number of nitrogens with one attached hydrogen (secondary N) is 1. The third-order valence-corrected chi connectivity index (χ3v) is 3.74. The van der Waals surface area contributed by atoms with Gasteiger partial charge in [0.1, 0.15) is 0 Å². The number of anilines is 2. The molecule has 0 spiro atoms. The fraction of sp³-hybridized carbons (Fsp3) is 0.375. The van der Waals surface area contributed by atoms with Crippen LogP contribution < -0.4 is 15.0 Å². The van der Waals surface area contributed by atoms with E-state index in [1.807, 2.05) is 0 Å². The first-order valence-electron chi connectivity index (χ1n) is 7.64. The number of amides is 1. The largest absolute Gasteiger partial charge is 0.481 e. The first-order valence-corrected chi connectivity index (χ1v) is 7.64. The van der Waals surface area contributed by atoms with Crippen LogP contribution >= 0.6 is 0 Å². The SMILES string of the molecule is COc1cc(C(=O)Nc2cnc(N3CCCCC3)nc2)ccn1. The van der Waals surface area contributed by atoms with Gasteiger partial charge in [-0.2, -0.15) is 0 Å². The van der Waals surface area contributed by atoms with Gasteiger partial charge in [-0.3, -0.25) is 4.79 Å². The van der Waals surface area contributed by atoms with Gasteiger partial charge in [0.2, 0.25) is 11.8 Å². The van der Waals surface area contributed by atoms with Crippen molar-refractivity contribution in [1.29, 1.82) is 0 Å². The second kappa shape index (κ2) is 7.04. The van der Waals surface area contributed by atoms with Crippen molar-refractivity contribution < 1.29 is 9.53 Å². The highest BCUT2D eigenvalue weighted by molar-refractivity contribution is 6.04. The first-order chi connectivity index (χ1) is 11.3. The lowest BCUT2D eigenvalue weighted by Crippen LogP contribution is -2.30. The zero-order chi connectivity index (χ0) is 16.1. The number of rotatable bonds is 4. The molecule has 0 unspecified atom stereocenters. The molecule has 0 aromatic carbocycles. The number of carbonyl (C=O) groups is 1. The van der Waals surface area contributed by atoms with E-state index in [0.717, 1.165) is 13.1 Å². The molecule has 2 aromatic heterocycles. The Kier molecular flexibility index (Phi) is 4.65. The van der Waals surface area contributed by atoms with Gasteiger partial charge in [-0.25, -0.2) is 15.0 Å². The second-order valence-electron chi connectivity index (χ2n) is 5.36. The van der Waals surface area contributed by atoms with Gasteiger partial charge in [0.05, 0.1) is 25.2 Å². The molecule has 120 valence electrons. The minimum Gasteiger partial charge on any atom is -0.481 e. The average Bonchev–Trinajstić information content (AvgIpc) is 2.63. The van der Waals surface area contributed by atoms with E-state index in [-0.39, 0.29) is 5.91 Å². The van der Waals surface area contributed by atoms with Crippen LogP contribution in [0.4, 0.5) is 11.6 Å². The molecular weight excluding hydrogens is 294 g/mol. The molecule has 7 nitrogen and oxygen atoms in total. The molecule has 0 radical (unpaired) electrons. The van der Waals surface area contributed by atoms with E-state index in [0.29, 0.717) is 23.1 Å². The Balaban J connectivity index is 1.66. The highest BCUT2D eigenvalue weighted by Crippen LogP contribution is 2.17. The Hall–Kier alpha value is -2.70. The van der Waals surface area contributed by atoms with E-state index < -0.39 is 0 Å². The molecule has 7 heteroatoms. The quantitative estimate of drug-likeness (QED) is 0.931. The fourth-order valence-electron chi connectivity index (χ4n) is 2.51. The molecule has 3 rings (SSSR count). The lowest BCUT2D eigenvalue weighted by molar-refractivity contribution is 0.102. The molecule has 23 heavy (non-hydrogen) atoms. The molecule has 1 N–H and O–H groups in total. The van der Waals surface area contributed by atoms with Gasteiger partial charge < -0.3 is 15.0 Å². The smallest absolute Gasteiger partial charge is 0.255 e. The van der Waals surface area contributed by atoms with Gasteiger partial charge in [-0.15, -0.1) is 0 Å². The zero-order valence-corrected chi connectivity index (χ0v) is 13.0. The summed E-state index contributed by atoms with van der Waals surface area (Å²) in [7, 11) is 1.51. The molecule has 0 aliphatic carbocycles. The minimum atomic E-state index is -0.250. The first kappa shape index (κ1) is 15.2. The number of methoxy groups -OCH3 is 1. The molecule has 0 bridgehead atoms. The maximum absolute atomic E-state index is 12.2. The van der Waals surface area contributed by atoms with Gasteiger partial charge in [0.15, 0.2) is 0 Å². The normalized spacial score (nSPS) is 14.4. The molecule has 1 aliphatic heterocycles. The lowest BCUT2D eigenvalue weighted by Gasteiger charge is -2.26. The van der Waals surface area contributed by atoms with E-state index in [4.69, 9.17) is 4.74 Å². The molecule has 0 saturated carbocycles. The number of aromatic nitrogens is 3. The van der Waals surface area contributed by atoms with E-state index in [2.05, 4.69) is 25.2 Å². The number of hydrogen-bond acceptors (Lipinski definition) is 6. The Morgan fingerprint density at radius 2 is 1.91 bits per heavy atom. The van der Waals surface area contributed by atoms with E-state index in [9.17, 15) is 4.79 Å². The predicted octanol–water partition coefficient (Wildman–Crippen LogP) is 2.12. The Morgan fingerprint density at radius 1 is 1.17 bits per heavy atom. The molecule has 1 aliphatic rings. The predicted molar refractivity (Wildman–Crippen MR) is 86.8 cm³/mol. The van der Waals surface area contributed by atoms with Crippen LogP contribution in [0.1, 0.15) is 29.6 Å².